The molecule has 0 amide bonds. The van der Waals surface area contributed by atoms with Gasteiger partial charge in [-0.3, -0.25) is 0 Å². The van der Waals surface area contributed by atoms with Gasteiger partial charge in [0.25, 0.3) is 0 Å². The van der Waals surface area contributed by atoms with Gasteiger partial charge in [0, 0.05) is 37.4 Å². The molecule has 2 rings (SSSR count). The minimum absolute atomic E-state index is 0.160. The fourth-order valence-corrected chi connectivity index (χ4v) is 6.37. The van der Waals surface area contributed by atoms with E-state index in [2.05, 4.69) is 52.3 Å². The average Bonchev–Trinajstić information content (AvgIpc) is 2.67. The Hall–Kier alpha value is 0.840. The van der Waals surface area contributed by atoms with Gasteiger partial charge in [-0.1, -0.05) is 13.8 Å². The fourth-order valence-electron chi connectivity index (χ4n) is 1.73. The molecule has 0 radical (unpaired) electrons. The standard InChI is InChI=1S/C11H16BrNS3/c1-6-7(2)16-10(5-15-6)11(13)8-3-14-4-9(8)12/h3-4,6-7,10-11H,5,13H2,1-2H3. The van der Waals surface area contributed by atoms with Crippen molar-refractivity contribution in [3.8, 4) is 0 Å². The van der Waals surface area contributed by atoms with Gasteiger partial charge in [0.05, 0.1) is 0 Å². The maximum absolute atomic E-state index is 6.37. The van der Waals surface area contributed by atoms with Crippen molar-refractivity contribution in [1.29, 1.82) is 0 Å². The van der Waals surface area contributed by atoms with Crippen LogP contribution in [0, 0.1) is 0 Å². The molecule has 1 aliphatic rings. The Morgan fingerprint density at radius 2 is 2.12 bits per heavy atom. The van der Waals surface area contributed by atoms with Gasteiger partial charge in [-0.25, -0.2) is 0 Å². The summed E-state index contributed by atoms with van der Waals surface area (Å²) in [5.41, 5.74) is 7.63. The highest BCUT2D eigenvalue weighted by atomic mass is 79.9. The second-order valence-corrected chi connectivity index (χ2v) is 8.75. The van der Waals surface area contributed by atoms with E-state index < -0.39 is 0 Å². The molecule has 1 fully saturated rings. The molecule has 90 valence electrons. The molecule has 1 nitrogen and oxygen atoms in total. The van der Waals surface area contributed by atoms with E-state index in [4.69, 9.17) is 5.73 Å². The maximum Gasteiger partial charge on any atom is 0.0443 e. The molecule has 0 spiro atoms. The van der Waals surface area contributed by atoms with Crippen LogP contribution in [0.4, 0.5) is 0 Å². The smallest absolute Gasteiger partial charge is 0.0443 e. The second kappa shape index (κ2) is 5.65. The summed E-state index contributed by atoms with van der Waals surface area (Å²) >= 11 is 9.39. The first-order valence-corrected chi connectivity index (χ1v) is 9.06. The van der Waals surface area contributed by atoms with Gasteiger partial charge in [-0.15, -0.1) is 0 Å². The molecule has 0 aromatic carbocycles. The van der Waals surface area contributed by atoms with Crippen LogP contribution in [0.2, 0.25) is 0 Å². The summed E-state index contributed by atoms with van der Waals surface area (Å²) in [4.78, 5) is 0. The highest BCUT2D eigenvalue weighted by Crippen LogP contribution is 2.41. The summed E-state index contributed by atoms with van der Waals surface area (Å²) in [6, 6.07) is 0.160. The van der Waals surface area contributed by atoms with E-state index in [1.165, 1.54) is 15.8 Å². The molecule has 4 unspecified atom stereocenters. The van der Waals surface area contributed by atoms with E-state index in [9.17, 15) is 0 Å². The van der Waals surface area contributed by atoms with Gasteiger partial charge in [0.15, 0.2) is 0 Å². The van der Waals surface area contributed by atoms with Gasteiger partial charge < -0.3 is 5.73 Å². The lowest BCUT2D eigenvalue weighted by Crippen LogP contribution is -2.34. The molecule has 4 atom stereocenters. The minimum Gasteiger partial charge on any atom is -0.323 e. The van der Waals surface area contributed by atoms with Gasteiger partial charge >= 0.3 is 0 Å². The van der Waals surface area contributed by atoms with Crippen LogP contribution in [-0.4, -0.2) is 21.5 Å². The normalized spacial score (nSPS) is 32.6. The molecular formula is C11H16BrNS3. The molecule has 5 heteroatoms. The van der Waals surface area contributed by atoms with Gasteiger partial charge in [0.2, 0.25) is 0 Å². The molecule has 1 aromatic rings. The molecule has 1 saturated heterocycles. The van der Waals surface area contributed by atoms with Crippen LogP contribution in [0.25, 0.3) is 0 Å². The van der Waals surface area contributed by atoms with E-state index >= 15 is 0 Å². The number of hydrogen-bond acceptors (Lipinski definition) is 4. The van der Waals surface area contributed by atoms with Crippen molar-refractivity contribution < 1.29 is 0 Å². The van der Waals surface area contributed by atoms with Crippen LogP contribution >= 0.6 is 50.8 Å². The van der Waals surface area contributed by atoms with Crippen molar-refractivity contribution in [2.24, 2.45) is 5.73 Å². The monoisotopic (exact) mass is 337 g/mol. The van der Waals surface area contributed by atoms with Crippen LogP contribution in [0.15, 0.2) is 15.2 Å². The molecule has 0 saturated carbocycles. The first kappa shape index (κ1) is 13.3. The number of thioether (sulfide) groups is 2. The Kier molecular flexibility index (Phi) is 4.69. The van der Waals surface area contributed by atoms with Gasteiger partial charge in [-0.2, -0.15) is 34.9 Å². The van der Waals surface area contributed by atoms with Crippen LogP contribution in [0.3, 0.4) is 0 Å². The zero-order valence-corrected chi connectivity index (χ0v) is 13.4. The largest absolute Gasteiger partial charge is 0.323 e. The summed E-state index contributed by atoms with van der Waals surface area (Å²) in [7, 11) is 0. The lowest BCUT2D eigenvalue weighted by Gasteiger charge is -2.34. The van der Waals surface area contributed by atoms with E-state index in [1.807, 2.05) is 11.8 Å². The third kappa shape index (κ3) is 2.80. The first-order valence-electron chi connectivity index (χ1n) is 5.34. The molecule has 1 aromatic heterocycles. The van der Waals surface area contributed by atoms with E-state index in [-0.39, 0.29) is 6.04 Å². The summed E-state index contributed by atoms with van der Waals surface area (Å²) < 4.78 is 1.17. The molecule has 16 heavy (non-hydrogen) atoms. The van der Waals surface area contributed by atoms with Crippen LogP contribution < -0.4 is 5.73 Å². The molecule has 2 N–H and O–H groups in total. The zero-order chi connectivity index (χ0) is 11.7. The van der Waals surface area contributed by atoms with Crippen molar-refractivity contribution in [3.63, 3.8) is 0 Å². The predicted molar refractivity (Wildman–Crippen MR) is 81.7 cm³/mol. The molecule has 2 heterocycles. The van der Waals surface area contributed by atoms with E-state index in [0.717, 1.165) is 5.25 Å². The van der Waals surface area contributed by atoms with Crippen molar-refractivity contribution in [1.82, 2.24) is 0 Å². The maximum atomic E-state index is 6.37. The highest BCUT2D eigenvalue weighted by Gasteiger charge is 2.31. The predicted octanol–water partition coefficient (Wildman–Crippen LogP) is 4.14. The van der Waals surface area contributed by atoms with Crippen molar-refractivity contribution in [3.05, 3.63) is 20.8 Å². The molecule has 0 bridgehead atoms. The lowest BCUT2D eigenvalue weighted by molar-refractivity contribution is 0.707. The summed E-state index contributed by atoms with van der Waals surface area (Å²) in [5.74, 6) is 1.17. The average molecular weight is 338 g/mol. The number of thiophene rings is 1. The van der Waals surface area contributed by atoms with E-state index in [1.54, 1.807) is 11.3 Å². The SMILES string of the molecule is CC1SCC(C(N)c2cscc2Br)SC1C. The quantitative estimate of drug-likeness (QED) is 0.878. The topological polar surface area (TPSA) is 26.0 Å². The summed E-state index contributed by atoms with van der Waals surface area (Å²) in [5, 5.41) is 6.28. The highest BCUT2D eigenvalue weighted by molar-refractivity contribution is 9.10. The summed E-state index contributed by atoms with van der Waals surface area (Å²) in [6.07, 6.45) is 0. The van der Waals surface area contributed by atoms with E-state index in [0.29, 0.717) is 10.5 Å². The molecular weight excluding hydrogens is 322 g/mol. The third-order valence-corrected chi connectivity index (χ3v) is 8.24. The van der Waals surface area contributed by atoms with Crippen LogP contribution in [0.1, 0.15) is 25.5 Å². The number of nitrogens with two attached hydrogens (primary N) is 1. The summed E-state index contributed by atoms with van der Waals surface area (Å²) in [6.45, 7) is 4.62. The third-order valence-electron chi connectivity index (χ3n) is 2.98. The van der Waals surface area contributed by atoms with Gasteiger partial charge in [0.1, 0.15) is 0 Å². The number of hydrogen-bond donors (Lipinski definition) is 1. The first-order chi connectivity index (χ1) is 7.59. The fraction of sp³-hybridized carbons (Fsp3) is 0.636. The van der Waals surface area contributed by atoms with Gasteiger partial charge in [-0.05, 0) is 26.9 Å². The Balaban J connectivity index is 2.06. The Bertz CT molecular complexity index is 355. The van der Waals surface area contributed by atoms with Crippen molar-refractivity contribution in [2.75, 3.05) is 5.75 Å². The molecule has 0 aliphatic carbocycles. The minimum atomic E-state index is 0.160. The lowest BCUT2D eigenvalue weighted by atomic mass is 10.1. The van der Waals surface area contributed by atoms with Crippen LogP contribution in [-0.2, 0) is 0 Å². The molecule has 1 aliphatic heterocycles. The number of halogens is 1. The Morgan fingerprint density at radius 3 is 2.69 bits per heavy atom. The second-order valence-electron chi connectivity index (χ2n) is 4.12. The van der Waals surface area contributed by atoms with Crippen molar-refractivity contribution in [2.45, 2.75) is 35.6 Å². The number of rotatable bonds is 2. The Morgan fingerprint density at radius 1 is 1.38 bits per heavy atom. The zero-order valence-electron chi connectivity index (χ0n) is 9.35. The Labute approximate surface area is 118 Å². The van der Waals surface area contributed by atoms with Crippen molar-refractivity contribution >= 4 is 50.8 Å². The van der Waals surface area contributed by atoms with Crippen LogP contribution in [0.5, 0.6) is 0 Å².